The zero-order valence-corrected chi connectivity index (χ0v) is 15.0. The van der Waals surface area contributed by atoms with E-state index in [4.69, 9.17) is 0 Å². The van der Waals surface area contributed by atoms with Gasteiger partial charge in [-0.25, -0.2) is 4.98 Å². The molecule has 0 bridgehead atoms. The SMILES string of the molecule is Cc1ccc2[nH]c3c(=O)n(CCC(=O)NCc4ccccc4)cnc3c2c1. The molecule has 4 rings (SSSR count). The Labute approximate surface area is 155 Å². The third kappa shape index (κ3) is 3.46. The van der Waals surface area contributed by atoms with Gasteiger partial charge in [-0.3, -0.25) is 14.2 Å². The lowest BCUT2D eigenvalue weighted by Crippen LogP contribution is -2.27. The molecule has 6 nitrogen and oxygen atoms in total. The van der Waals surface area contributed by atoms with Crippen molar-refractivity contribution in [1.82, 2.24) is 19.9 Å². The van der Waals surface area contributed by atoms with Crippen LogP contribution in [0.5, 0.6) is 0 Å². The highest BCUT2D eigenvalue weighted by Crippen LogP contribution is 2.22. The molecule has 1 amide bonds. The van der Waals surface area contributed by atoms with Gasteiger partial charge in [0.05, 0.1) is 6.33 Å². The number of benzene rings is 2. The van der Waals surface area contributed by atoms with Crippen molar-refractivity contribution >= 4 is 27.8 Å². The second-order valence-corrected chi connectivity index (χ2v) is 6.65. The molecular formula is C21H20N4O2. The smallest absolute Gasteiger partial charge is 0.277 e. The molecule has 0 aliphatic rings. The Morgan fingerprint density at radius 1 is 1.19 bits per heavy atom. The lowest BCUT2D eigenvalue weighted by atomic mass is 10.2. The summed E-state index contributed by atoms with van der Waals surface area (Å²) in [5.74, 6) is -0.0990. The number of hydrogen-bond acceptors (Lipinski definition) is 3. The fourth-order valence-corrected chi connectivity index (χ4v) is 3.17. The third-order valence-electron chi connectivity index (χ3n) is 4.64. The maximum absolute atomic E-state index is 12.7. The van der Waals surface area contributed by atoms with Gasteiger partial charge >= 0.3 is 0 Å². The minimum absolute atomic E-state index is 0.0990. The fourth-order valence-electron chi connectivity index (χ4n) is 3.17. The van der Waals surface area contributed by atoms with Gasteiger partial charge in [-0.2, -0.15) is 0 Å². The van der Waals surface area contributed by atoms with Crippen LogP contribution in [0, 0.1) is 6.92 Å². The van der Waals surface area contributed by atoms with Crippen molar-refractivity contribution in [3.05, 3.63) is 76.3 Å². The molecule has 0 aliphatic heterocycles. The number of nitrogens with zero attached hydrogens (tertiary/aromatic N) is 2. The van der Waals surface area contributed by atoms with Gasteiger partial charge in [-0.15, -0.1) is 0 Å². The molecule has 2 N–H and O–H groups in total. The molecule has 6 heteroatoms. The number of aromatic amines is 1. The Kier molecular flexibility index (Phi) is 4.46. The lowest BCUT2D eigenvalue weighted by molar-refractivity contribution is -0.121. The first-order valence-corrected chi connectivity index (χ1v) is 8.90. The van der Waals surface area contributed by atoms with Gasteiger partial charge in [0.2, 0.25) is 5.91 Å². The van der Waals surface area contributed by atoms with Crippen molar-refractivity contribution in [2.75, 3.05) is 0 Å². The summed E-state index contributed by atoms with van der Waals surface area (Å²) in [6, 6.07) is 15.7. The standard InChI is InChI=1S/C21H20N4O2/c1-14-7-8-17-16(11-14)19-20(24-17)21(27)25(13-23-19)10-9-18(26)22-12-15-5-3-2-4-6-15/h2-8,11,13,24H,9-10,12H2,1H3,(H,22,26). The summed E-state index contributed by atoms with van der Waals surface area (Å²) in [4.78, 5) is 32.4. The van der Waals surface area contributed by atoms with E-state index in [0.29, 0.717) is 17.6 Å². The average molecular weight is 360 g/mol. The van der Waals surface area contributed by atoms with E-state index in [9.17, 15) is 9.59 Å². The Bertz CT molecular complexity index is 1180. The number of fused-ring (bicyclic) bond motifs is 3. The first-order valence-electron chi connectivity index (χ1n) is 8.90. The molecule has 2 heterocycles. The Balaban J connectivity index is 1.49. The molecule has 0 spiro atoms. The number of carbonyl (C=O) groups is 1. The highest BCUT2D eigenvalue weighted by molar-refractivity contribution is 6.04. The van der Waals surface area contributed by atoms with E-state index in [2.05, 4.69) is 15.3 Å². The molecule has 0 fully saturated rings. The average Bonchev–Trinajstić information content (AvgIpc) is 3.05. The monoisotopic (exact) mass is 360 g/mol. The third-order valence-corrected chi connectivity index (χ3v) is 4.64. The van der Waals surface area contributed by atoms with Crippen LogP contribution in [0.3, 0.4) is 0 Å². The summed E-state index contributed by atoms with van der Waals surface area (Å²) in [5.41, 5.74) is 4.03. The van der Waals surface area contributed by atoms with Crippen molar-refractivity contribution in [2.45, 2.75) is 26.4 Å². The number of hydrogen-bond donors (Lipinski definition) is 2. The molecule has 0 atom stereocenters. The summed E-state index contributed by atoms with van der Waals surface area (Å²) in [6.07, 6.45) is 1.74. The summed E-state index contributed by atoms with van der Waals surface area (Å²) >= 11 is 0. The summed E-state index contributed by atoms with van der Waals surface area (Å²) < 4.78 is 1.48. The Morgan fingerprint density at radius 2 is 2.00 bits per heavy atom. The van der Waals surface area contributed by atoms with Gasteiger partial charge in [0.15, 0.2) is 0 Å². The maximum atomic E-state index is 12.7. The van der Waals surface area contributed by atoms with Crippen LogP contribution in [0.15, 0.2) is 59.7 Å². The van der Waals surface area contributed by atoms with Crippen LogP contribution in [0.4, 0.5) is 0 Å². The van der Waals surface area contributed by atoms with Crippen molar-refractivity contribution in [1.29, 1.82) is 0 Å². The van der Waals surface area contributed by atoms with E-state index < -0.39 is 0 Å². The lowest BCUT2D eigenvalue weighted by Gasteiger charge is -2.07. The molecule has 0 unspecified atom stereocenters. The molecule has 0 aliphatic carbocycles. The molecule has 2 aromatic carbocycles. The fraction of sp³-hybridized carbons (Fsp3) is 0.190. The van der Waals surface area contributed by atoms with Gasteiger partial charge in [-0.05, 0) is 24.6 Å². The second-order valence-electron chi connectivity index (χ2n) is 6.65. The van der Waals surface area contributed by atoms with Crippen LogP contribution < -0.4 is 10.9 Å². The van der Waals surface area contributed by atoms with Gasteiger partial charge in [0, 0.05) is 30.4 Å². The largest absolute Gasteiger partial charge is 0.352 e. The number of amides is 1. The molecule has 136 valence electrons. The maximum Gasteiger partial charge on any atom is 0.277 e. The first-order chi connectivity index (χ1) is 13.1. The first kappa shape index (κ1) is 17.0. The number of aryl methyl sites for hydroxylation is 2. The molecule has 0 saturated carbocycles. The van der Waals surface area contributed by atoms with Gasteiger partial charge in [0.25, 0.3) is 5.56 Å². The minimum Gasteiger partial charge on any atom is -0.352 e. The van der Waals surface area contributed by atoms with E-state index in [-0.39, 0.29) is 24.4 Å². The van der Waals surface area contributed by atoms with Crippen LogP contribution in [-0.4, -0.2) is 20.4 Å². The topological polar surface area (TPSA) is 79.8 Å². The van der Waals surface area contributed by atoms with E-state index >= 15 is 0 Å². The number of aromatic nitrogens is 3. The van der Waals surface area contributed by atoms with Crippen LogP contribution in [0.1, 0.15) is 17.5 Å². The quantitative estimate of drug-likeness (QED) is 0.574. The van der Waals surface area contributed by atoms with Crippen molar-refractivity contribution in [2.24, 2.45) is 0 Å². The van der Waals surface area contributed by atoms with Gasteiger partial charge < -0.3 is 10.3 Å². The molecular weight excluding hydrogens is 340 g/mol. The molecule has 4 aromatic rings. The normalized spacial score (nSPS) is 11.1. The van der Waals surface area contributed by atoms with Crippen molar-refractivity contribution < 1.29 is 4.79 Å². The van der Waals surface area contributed by atoms with E-state index in [1.807, 2.05) is 55.5 Å². The predicted octanol–water partition coefficient (Wildman–Crippen LogP) is 2.89. The highest BCUT2D eigenvalue weighted by Gasteiger charge is 2.11. The zero-order chi connectivity index (χ0) is 18.8. The number of rotatable bonds is 5. The zero-order valence-electron chi connectivity index (χ0n) is 15.0. The Hall–Kier alpha value is -3.41. The second kappa shape index (κ2) is 7.07. The van der Waals surface area contributed by atoms with Crippen LogP contribution in [-0.2, 0) is 17.9 Å². The van der Waals surface area contributed by atoms with Gasteiger partial charge in [0.1, 0.15) is 11.0 Å². The summed E-state index contributed by atoms with van der Waals surface area (Å²) in [7, 11) is 0. The summed E-state index contributed by atoms with van der Waals surface area (Å²) in [6.45, 7) is 2.78. The van der Waals surface area contributed by atoms with Crippen LogP contribution >= 0.6 is 0 Å². The van der Waals surface area contributed by atoms with Crippen molar-refractivity contribution in [3.63, 3.8) is 0 Å². The molecule has 2 aromatic heterocycles. The van der Waals surface area contributed by atoms with Crippen LogP contribution in [0.25, 0.3) is 21.9 Å². The van der Waals surface area contributed by atoms with E-state index in [1.54, 1.807) is 0 Å². The number of H-pyrrole nitrogens is 1. The highest BCUT2D eigenvalue weighted by atomic mass is 16.1. The minimum atomic E-state index is -0.162. The van der Waals surface area contributed by atoms with E-state index in [1.165, 1.54) is 10.9 Å². The number of carbonyl (C=O) groups excluding carboxylic acids is 1. The Morgan fingerprint density at radius 3 is 2.81 bits per heavy atom. The predicted molar refractivity (Wildman–Crippen MR) is 106 cm³/mol. The molecule has 27 heavy (non-hydrogen) atoms. The van der Waals surface area contributed by atoms with Gasteiger partial charge in [-0.1, -0.05) is 42.0 Å². The van der Waals surface area contributed by atoms with Crippen LogP contribution in [0.2, 0.25) is 0 Å². The number of nitrogens with one attached hydrogen (secondary N) is 2. The summed E-state index contributed by atoms with van der Waals surface area (Å²) in [5, 5.41) is 3.81. The molecule has 0 saturated heterocycles. The van der Waals surface area contributed by atoms with Crippen molar-refractivity contribution in [3.8, 4) is 0 Å². The van der Waals surface area contributed by atoms with E-state index in [0.717, 1.165) is 22.0 Å². The molecule has 0 radical (unpaired) electrons.